The first-order valence-corrected chi connectivity index (χ1v) is 8.83. The van der Waals surface area contributed by atoms with Gasteiger partial charge in [0.15, 0.2) is 17.3 Å². The van der Waals surface area contributed by atoms with Crippen molar-refractivity contribution in [2.24, 2.45) is 0 Å². The Bertz CT molecular complexity index is 810. The monoisotopic (exact) mass is 406 g/mol. The van der Waals surface area contributed by atoms with Crippen LogP contribution in [0.3, 0.4) is 0 Å². The van der Waals surface area contributed by atoms with Crippen molar-refractivity contribution in [2.45, 2.75) is 4.32 Å². The Balaban J connectivity index is 2.14. The molecule has 0 saturated heterocycles. The lowest BCUT2D eigenvalue weighted by Gasteiger charge is -2.24. The van der Waals surface area contributed by atoms with E-state index in [0.717, 1.165) is 0 Å². The number of benzene rings is 3. The van der Waals surface area contributed by atoms with Gasteiger partial charge in [0.05, 0.1) is 0 Å². The highest BCUT2D eigenvalue weighted by atomic mass is 79.9. The lowest BCUT2D eigenvalue weighted by Crippen LogP contribution is -2.48. The van der Waals surface area contributed by atoms with E-state index >= 15 is 0 Å². The summed E-state index contributed by atoms with van der Waals surface area (Å²) in [6.45, 7) is 0. The molecule has 0 aliphatic heterocycles. The molecule has 0 radical (unpaired) electrons. The van der Waals surface area contributed by atoms with E-state index in [-0.39, 0.29) is 16.7 Å². The molecule has 0 fully saturated rings. The first-order chi connectivity index (χ1) is 12.5. The van der Waals surface area contributed by atoms with E-state index in [1.165, 1.54) is 0 Å². The average Bonchev–Trinajstić information content (AvgIpc) is 2.73. The van der Waals surface area contributed by atoms with Gasteiger partial charge in [-0.25, -0.2) is 0 Å². The summed E-state index contributed by atoms with van der Waals surface area (Å²) >= 11 is 3.24. The Morgan fingerprint density at radius 3 is 0.962 bits per heavy atom. The quantitative estimate of drug-likeness (QED) is 0.336. The molecule has 0 aromatic heterocycles. The molecule has 128 valence electrons. The van der Waals surface area contributed by atoms with Crippen molar-refractivity contribution in [1.82, 2.24) is 0 Å². The summed E-state index contributed by atoms with van der Waals surface area (Å²) in [5, 5.41) is 0. The smallest absolute Gasteiger partial charge is 0.213 e. The topological polar surface area (TPSA) is 51.2 Å². The Labute approximate surface area is 159 Å². The van der Waals surface area contributed by atoms with Crippen LogP contribution in [0.4, 0.5) is 0 Å². The fourth-order valence-corrected chi connectivity index (χ4v) is 3.36. The van der Waals surface area contributed by atoms with Crippen LogP contribution in [-0.4, -0.2) is 21.7 Å². The van der Waals surface area contributed by atoms with Gasteiger partial charge in [0, 0.05) is 16.7 Å². The third-order valence-electron chi connectivity index (χ3n) is 4.05. The molecular weight excluding hydrogens is 392 g/mol. The largest absolute Gasteiger partial charge is 0.292 e. The zero-order valence-electron chi connectivity index (χ0n) is 13.8. The number of carbonyl (C=O) groups is 3. The Morgan fingerprint density at radius 2 is 0.731 bits per heavy atom. The van der Waals surface area contributed by atoms with Gasteiger partial charge in [-0.2, -0.15) is 0 Å². The molecule has 0 heterocycles. The minimum atomic E-state index is -2.02. The van der Waals surface area contributed by atoms with Crippen LogP contribution in [-0.2, 0) is 0 Å². The fourth-order valence-electron chi connectivity index (χ4n) is 2.67. The summed E-state index contributed by atoms with van der Waals surface area (Å²) in [6.07, 6.45) is 0. The van der Waals surface area contributed by atoms with Crippen LogP contribution in [0.5, 0.6) is 0 Å². The van der Waals surface area contributed by atoms with Gasteiger partial charge in [-0.15, -0.1) is 0 Å². The normalized spacial score (nSPS) is 11.0. The highest BCUT2D eigenvalue weighted by Gasteiger charge is 2.50. The molecule has 0 aliphatic carbocycles. The zero-order chi connectivity index (χ0) is 18.6. The molecular formula is C22H15BrO3. The first kappa shape index (κ1) is 18.0. The number of ketones is 3. The number of carbonyl (C=O) groups excluding carboxylic acids is 3. The van der Waals surface area contributed by atoms with Crippen LogP contribution in [0, 0.1) is 0 Å². The summed E-state index contributed by atoms with van der Waals surface area (Å²) in [6, 6.07) is 25.0. The van der Waals surface area contributed by atoms with E-state index in [0.29, 0.717) is 0 Å². The molecule has 4 heteroatoms. The van der Waals surface area contributed by atoms with Crippen LogP contribution < -0.4 is 0 Å². The highest BCUT2D eigenvalue weighted by Crippen LogP contribution is 2.32. The van der Waals surface area contributed by atoms with Crippen LogP contribution in [0.1, 0.15) is 31.1 Å². The second-order valence-electron chi connectivity index (χ2n) is 5.74. The maximum absolute atomic E-state index is 13.2. The molecule has 0 bridgehead atoms. The molecule has 0 unspecified atom stereocenters. The molecule has 3 aromatic carbocycles. The zero-order valence-corrected chi connectivity index (χ0v) is 15.3. The fraction of sp³-hybridized carbons (Fsp3) is 0.0455. The molecule has 26 heavy (non-hydrogen) atoms. The van der Waals surface area contributed by atoms with E-state index < -0.39 is 21.7 Å². The van der Waals surface area contributed by atoms with Crippen molar-refractivity contribution in [3.05, 3.63) is 108 Å². The standard InChI is InChI=1S/C22H15BrO3/c23-22(19(24)16-10-4-1-5-11-16,20(25)17-12-6-2-7-13-17)21(26)18-14-8-3-9-15-18/h1-15H. The molecule has 0 amide bonds. The molecule has 3 nitrogen and oxygen atoms in total. The van der Waals surface area contributed by atoms with Crippen molar-refractivity contribution in [1.29, 1.82) is 0 Å². The SMILES string of the molecule is O=C(c1ccccc1)C(Br)(C(=O)c1ccccc1)C(=O)c1ccccc1. The van der Waals surface area contributed by atoms with Gasteiger partial charge in [0.25, 0.3) is 0 Å². The van der Waals surface area contributed by atoms with E-state index in [1.54, 1.807) is 91.0 Å². The number of Topliss-reactive ketones (excluding diaryl/α,β-unsaturated/α-hetero) is 3. The van der Waals surface area contributed by atoms with E-state index in [2.05, 4.69) is 15.9 Å². The van der Waals surface area contributed by atoms with Crippen molar-refractivity contribution >= 4 is 33.3 Å². The highest BCUT2D eigenvalue weighted by molar-refractivity contribution is 9.11. The first-order valence-electron chi connectivity index (χ1n) is 8.03. The molecule has 3 rings (SSSR count). The second kappa shape index (κ2) is 7.58. The minimum absolute atomic E-state index is 0.290. The van der Waals surface area contributed by atoms with Crippen LogP contribution in [0.15, 0.2) is 91.0 Å². The summed E-state index contributed by atoms with van der Waals surface area (Å²) < 4.78 is -2.02. The van der Waals surface area contributed by atoms with Gasteiger partial charge in [0.2, 0.25) is 4.32 Å². The van der Waals surface area contributed by atoms with E-state index in [1.807, 2.05) is 0 Å². The Hall–Kier alpha value is -2.85. The third-order valence-corrected chi connectivity index (χ3v) is 5.13. The summed E-state index contributed by atoms with van der Waals surface area (Å²) in [5.41, 5.74) is 0.869. The van der Waals surface area contributed by atoms with E-state index in [4.69, 9.17) is 0 Å². The second-order valence-corrected chi connectivity index (χ2v) is 6.93. The molecule has 0 spiro atoms. The van der Waals surface area contributed by atoms with Crippen molar-refractivity contribution in [2.75, 3.05) is 0 Å². The van der Waals surface area contributed by atoms with Gasteiger partial charge in [-0.1, -0.05) is 107 Å². The molecule has 0 saturated carbocycles. The van der Waals surface area contributed by atoms with Crippen LogP contribution in [0.25, 0.3) is 0 Å². The van der Waals surface area contributed by atoms with E-state index in [9.17, 15) is 14.4 Å². The summed E-state index contributed by atoms with van der Waals surface area (Å²) in [4.78, 5) is 39.6. The van der Waals surface area contributed by atoms with Crippen molar-refractivity contribution < 1.29 is 14.4 Å². The number of halogens is 1. The lowest BCUT2D eigenvalue weighted by atomic mass is 9.84. The number of rotatable bonds is 6. The molecule has 0 N–H and O–H groups in total. The van der Waals surface area contributed by atoms with Gasteiger partial charge < -0.3 is 0 Å². The van der Waals surface area contributed by atoms with Crippen LogP contribution in [0.2, 0.25) is 0 Å². The maximum Gasteiger partial charge on any atom is 0.213 e. The molecule has 3 aromatic rings. The lowest BCUT2D eigenvalue weighted by molar-refractivity contribution is 0.0770. The maximum atomic E-state index is 13.2. The Morgan fingerprint density at radius 1 is 0.500 bits per heavy atom. The Kier molecular flexibility index (Phi) is 5.24. The van der Waals surface area contributed by atoms with Gasteiger partial charge in [-0.05, 0) is 0 Å². The predicted molar refractivity (Wildman–Crippen MR) is 104 cm³/mol. The minimum Gasteiger partial charge on any atom is -0.292 e. The molecule has 0 aliphatic rings. The molecule has 0 atom stereocenters. The van der Waals surface area contributed by atoms with Crippen molar-refractivity contribution in [3.8, 4) is 0 Å². The number of hydrogen-bond acceptors (Lipinski definition) is 3. The number of alkyl halides is 1. The average molecular weight is 407 g/mol. The third kappa shape index (κ3) is 3.28. The van der Waals surface area contributed by atoms with Gasteiger partial charge in [-0.3, -0.25) is 14.4 Å². The van der Waals surface area contributed by atoms with Crippen molar-refractivity contribution in [3.63, 3.8) is 0 Å². The number of hydrogen-bond donors (Lipinski definition) is 0. The predicted octanol–water partition coefficient (Wildman–Crippen LogP) is 4.77. The summed E-state index contributed by atoms with van der Waals surface area (Å²) in [7, 11) is 0. The summed E-state index contributed by atoms with van der Waals surface area (Å²) in [5.74, 6) is -1.75. The van der Waals surface area contributed by atoms with Crippen LogP contribution >= 0.6 is 15.9 Å². The van der Waals surface area contributed by atoms with Gasteiger partial charge in [0.1, 0.15) is 0 Å². The van der Waals surface area contributed by atoms with Gasteiger partial charge >= 0.3 is 0 Å².